The van der Waals surface area contributed by atoms with Gasteiger partial charge in [-0.3, -0.25) is 10.1 Å². The zero-order chi connectivity index (χ0) is 13.8. The Bertz CT molecular complexity index is 282. The van der Waals surface area contributed by atoms with E-state index in [1.54, 1.807) is 0 Å². The second kappa shape index (κ2) is 10.5. The average molecular weight is 262 g/mol. The van der Waals surface area contributed by atoms with Crippen LogP contribution in [0.25, 0.3) is 0 Å². The van der Waals surface area contributed by atoms with Crippen LogP contribution in [0.15, 0.2) is 0 Å². The number of ether oxygens (including phenoxy) is 2. The van der Waals surface area contributed by atoms with Gasteiger partial charge in [0.15, 0.2) is 0 Å². The molecule has 3 N–H and O–H groups in total. The highest BCUT2D eigenvalue weighted by Gasteiger charge is 2.07. The van der Waals surface area contributed by atoms with Gasteiger partial charge in [0.05, 0.1) is 0 Å². The molecule has 0 atom stereocenters. The van der Waals surface area contributed by atoms with Crippen LogP contribution in [0.4, 0.5) is 4.79 Å². The quantitative estimate of drug-likeness (QED) is 0.475. The standard InChI is InChI=1S/C10H18N2O6/c1-2-17-5-3-4-11-10(16)12-8(13)6-18-7-9(14)15/h2-7H2,1H3,(H,14,15)(H2,11,12,13,16). The van der Waals surface area contributed by atoms with Gasteiger partial charge in [0.25, 0.3) is 5.91 Å². The molecule has 0 heterocycles. The number of nitrogens with one attached hydrogen (secondary N) is 2. The van der Waals surface area contributed by atoms with Gasteiger partial charge in [-0.25, -0.2) is 9.59 Å². The van der Waals surface area contributed by atoms with Gasteiger partial charge in [-0.2, -0.15) is 0 Å². The first-order valence-corrected chi connectivity index (χ1v) is 5.51. The Morgan fingerprint density at radius 1 is 1.17 bits per heavy atom. The lowest BCUT2D eigenvalue weighted by Gasteiger charge is -2.06. The van der Waals surface area contributed by atoms with Crippen LogP contribution in [-0.2, 0) is 19.1 Å². The Labute approximate surface area is 105 Å². The van der Waals surface area contributed by atoms with Crippen LogP contribution in [0.1, 0.15) is 13.3 Å². The number of carboxylic acids is 1. The summed E-state index contributed by atoms with van der Waals surface area (Å²) in [4.78, 5) is 32.3. The fraction of sp³-hybridized carbons (Fsp3) is 0.700. The zero-order valence-electron chi connectivity index (χ0n) is 10.2. The fourth-order valence-corrected chi connectivity index (χ4v) is 0.958. The molecule has 0 aromatic carbocycles. The molecule has 8 nitrogen and oxygen atoms in total. The molecule has 0 unspecified atom stereocenters. The predicted octanol–water partition coefficient (Wildman–Crippen LogP) is -0.660. The minimum absolute atomic E-state index is 0.384. The molecule has 0 aliphatic rings. The number of carbonyl (C=O) groups excluding carboxylic acids is 2. The van der Waals surface area contributed by atoms with Crippen LogP contribution in [0.2, 0.25) is 0 Å². The largest absolute Gasteiger partial charge is 0.480 e. The van der Waals surface area contributed by atoms with Crippen LogP contribution >= 0.6 is 0 Å². The van der Waals surface area contributed by atoms with E-state index >= 15 is 0 Å². The first-order chi connectivity index (χ1) is 8.56. The highest BCUT2D eigenvalue weighted by Crippen LogP contribution is 1.81. The van der Waals surface area contributed by atoms with Crippen molar-refractivity contribution >= 4 is 17.9 Å². The van der Waals surface area contributed by atoms with E-state index in [0.717, 1.165) is 0 Å². The van der Waals surface area contributed by atoms with Gasteiger partial charge in [0.2, 0.25) is 0 Å². The van der Waals surface area contributed by atoms with Crippen LogP contribution in [0.5, 0.6) is 0 Å². The molecule has 0 aromatic heterocycles. The van der Waals surface area contributed by atoms with Crippen molar-refractivity contribution in [3.63, 3.8) is 0 Å². The number of imide groups is 1. The first kappa shape index (κ1) is 16.3. The average Bonchev–Trinajstić information content (AvgIpc) is 2.28. The molecule has 0 bridgehead atoms. The van der Waals surface area contributed by atoms with Gasteiger partial charge in [-0.1, -0.05) is 0 Å². The summed E-state index contributed by atoms with van der Waals surface area (Å²) in [6.07, 6.45) is 0.644. The molecule has 104 valence electrons. The van der Waals surface area contributed by atoms with E-state index < -0.39 is 31.1 Å². The Morgan fingerprint density at radius 2 is 1.89 bits per heavy atom. The van der Waals surface area contributed by atoms with E-state index in [4.69, 9.17) is 9.84 Å². The summed E-state index contributed by atoms with van der Waals surface area (Å²) in [6, 6.07) is -0.643. The molecule has 18 heavy (non-hydrogen) atoms. The van der Waals surface area contributed by atoms with Crippen molar-refractivity contribution in [2.75, 3.05) is 33.0 Å². The number of amides is 3. The number of urea groups is 1. The second-order valence-corrected chi connectivity index (χ2v) is 3.24. The van der Waals surface area contributed by atoms with Crippen LogP contribution in [-0.4, -0.2) is 56.0 Å². The lowest BCUT2D eigenvalue weighted by atomic mass is 10.4. The molecule has 0 aromatic rings. The van der Waals surface area contributed by atoms with Crippen molar-refractivity contribution in [3.8, 4) is 0 Å². The Kier molecular flexibility index (Phi) is 9.51. The Balaban J connectivity index is 3.49. The van der Waals surface area contributed by atoms with Crippen molar-refractivity contribution in [1.29, 1.82) is 0 Å². The van der Waals surface area contributed by atoms with Crippen LogP contribution in [0, 0.1) is 0 Å². The van der Waals surface area contributed by atoms with Gasteiger partial charge in [-0.05, 0) is 13.3 Å². The fourth-order valence-electron chi connectivity index (χ4n) is 0.958. The highest BCUT2D eigenvalue weighted by atomic mass is 16.5. The summed E-state index contributed by atoms with van der Waals surface area (Å²) >= 11 is 0. The normalized spacial score (nSPS) is 9.83. The predicted molar refractivity (Wildman–Crippen MR) is 61.1 cm³/mol. The molecule has 3 amide bonds. The van der Waals surface area contributed by atoms with Gasteiger partial charge >= 0.3 is 12.0 Å². The lowest BCUT2D eigenvalue weighted by Crippen LogP contribution is -2.41. The molecule has 0 saturated heterocycles. The SMILES string of the molecule is CCOCCCNC(=O)NC(=O)COCC(=O)O. The third-order valence-corrected chi connectivity index (χ3v) is 1.67. The van der Waals surface area contributed by atoms with Gasteiger partial charge in [0.1, 0.15) is 13.2 Å². The second-order valence-electron chi connectivity index (χ2n) is 3.24. The molecular formula is C10H18N2O6. The van der Waals surface area contributed by atoms with Crippen molar-refractivity contribution in [1.82, 2.24) is 10.6 Å². The molecule has 0 rings (SSSR count). The van der Waals surface area contributed by atoms with E-state index in [2.05, 4.69) is 10.1 Å². The van der Waals surface area contributed by atoms with E-state index in [1.165, 1.54) is 0 Å². The molecule has 0 aliphatic carbocycles. The molecular weight excluding hydrogens is 244 g/mol. The lowest BCUT2D eigenvalue weighted by molar-refractivity contribution is -0.143. The van der Waals surface area contributed by atoms with E-state index in [-0.39, 0.29) is 0 Å². The van der Waals surface area contributed by atoms with Gasteiger partial charge < -0.3 is 19.9 Å². The van der Waals surface area contributed by atoms with Crippen molar-refractivity contribution < 1.29 is 29.0 Å². The van der Waals surface area contributed by atoms with E-state index in [1.807, 2.05) is 12.2 Å². The maximum absolute atomic E-state index is 11.1. The minimum Gasteiger partial charge on any atom is -0.480 e. The summed E-state index contributed by atoms with van der Waals surface area (Å²) in [5, 5.41) is 12.7. The Morgan fingerprint density at radius 3 is 2.50 bits per heavy atom. The molecule has 0 radical (unpaired) electrons. The van der Waals surface area contributed by atoms with Crippen LogP contribution in [0.3, 0.4) is 0 Å². The number of rotatable bonds is 9. The third kappa shape index (κ3) is 10.8. The monoisotopic (exact) mass is 262 g/mol. The van der Waals surface area contributed by atoms with E-state index in [0.29, 0.717) is 26.2 Å². The first-order valence-electron chi connectivity index (χ1n) is 5.51. The van der Waals surface area contributed by atoms with Crippen molar-refractivity contribution in [2.24, 2.45) is 0 Å². The summed E-state index contributed by atoms with van der Waals surface area (Å²) < 4.78 is 9.56. The molecule has 0 saturated carbocycles. The topological polar surface area (TPSA) is 114 Å². The molecule has 0 fully saturated rings. The number of hydrogen-bond acceptors (Lipinski definition) is 5. The van der Waals surface area contributed by atoms with E-state index in [9.17, 15) is 14.4 Å². The summed E-state index contributed by atoms with van der Waals surface area (Å²) in [5.41, 5.74) is 0. The third-order valence-electron chi connectivity index (χ3n) is 1.67. The van der Waals surface area contributed by atoms with Crippen molar-refractivity contribution in [3.05, 3.63) is 0 Å². The molecule has 0 spiro atoms. The number of aliphatic carboxylic acids is 1. The van der Waals surface area contributed by atoms with Gasteiger partial charge in [0, 0.05) is 19.8 Å². The number of carboxylic acid groups (broad SMARTS) is 1. The van der Waals surface area contributed by atoms with Crippen LogP contribution < -0.4 is 10.6 Å². The van der Waals surface area contributed by atoms with Gasteiger partial charge in [-0.15, -0.1) is 0 Å². The molecule has 8 heteroatoms. The van der Waals surface area contributed by atoms with Crippen molar-refractivity contribution in [2.45, 2.75) is 13.3 Å². The number of carbonyl (C=O) groups is 3. The maximum atomic E-state index is 11.1. The number of hydrogen-bond donors (Lipinski definition) is 3. The summed E-state index contributed by atoms with van der Waals surface area (Å²) in [5.74, 6) is -1.87. The summed E-state index contributed by atoms with van der Waals surface area (Å²) in [7, 11) is 0. The smallest absolute Gasteiger partial charge is 0.329 e. The summed E-state index contributed by atoms with van der Waals surface area (Å²) in [6.45, 7) is 2.35. The maximum Gasteiger partial charge on any atom is 0.329 e. The zero-order valence-corrected chi connectivity index (χ0v) is 10.2. The molecule has 0 aliphatic heterocycles. The Hall–Kier alpha value is -1.67. The highest BCUT2D eigenvalue weighted by molar-refractivity contribution is 5.94. The minimum atomic E-state index is -1.18.